The van der Waals surface area contributed by atoms with E-state index in [1.165, 1.54) is 4.90 Å². The Balaban J connectivity index is 1.31. The third-order valence-electron chi connectivity index (χ3n) is 7.56. The molecule has 4 heterocycles. The smallest absolute Gasteiger partial charge is 0.410 e. The molecule has 0 saturated carbocycles. The zero-order valence-corrected chi connectivity index (χ0v) is 26.4. The monoisotopic (exact) mass is 638 g/mol. The van der Waals surface area contributed by atoms with E-state index in [0.717, 1.165) is 12.0 Å². The highest BCUT2D eigenvalue weighted by Crippen LogP contribution is 2.33. The molecule has 3 aliphatic rings. The molecule has 1 atom stereocenters. The second-order valence-corrected chi connectivity index (χ2v) is 14.7. The van der Waals surface area contributed by atoms with Crippen LogP contribution in [0.5, 0.6) is 0 Å². The summed E-state index contributed by atoms with van der Waals surface area (Å²) in [6.45, 7) is 7.98. The highest BCUT2D eigenvalue weighted by atomic mass is 35.5. The third-order valence-corrected chi connectivity index (χ3v) is 10.0. The number of ether oxygens (including phenoxy) is 1. The standard InChI is InChI=1S/C28H36Cl2N6O5S/c1-28(2,3)41-27(38)36-10-4-7-22(36)25(37)34-11-13-35(14-12-34)26-32-21-6-5-15-42(39,40)23(21)24(33-26)31-17-18-8-9-19(29)16-20(18)30/h8-9,16,22H,4-7,10-15,17H2,1-3H3,(H,31,32,33)/t22-/m1/s1. The van der Waals surface area contributed by atoms with Crippen molar-refractivity contribution in [2.75, 3.05) is 48.7 Å². The average molecular weight is 640 g/mol. The minimum absolute atomic E-state index is 0.0430. The molecule has 1 N–H and O–H groups in total. The number of piperazine rings is 1. The predicted octanol–water partition coefficient (Wildman–Crippen LogP) is 4.16. The van der Waals surface area contributed by atoms with Crippen molar-refractivity contribution >= 4 is 56.8 Å². The van der Waals surface area contributed by atoms with Crippen molar-refractivity contribution in [3.63, 3.8) is 0 Å². The van der Waals surface area contributed by atoms with Crippen LogP contribution in [-0.4, -0.2) is 90.3 Å². The molecule has 0 bridgehead atoms. The van der Waals surface area contributed by atoms with Crippen molar-refractivity contribution in [1.82, 2.24) is 19.8 Å². The number of sulfone groups is 1. The van der Waals surface area contributed by atoms with Gasteiger partial charge in [-0.05, 0) is 64.2 Å². The highest BCUT2D eigenvalue weighted by molar-refractivity contribution is 7.91. The van der Waals surface area contributed by atoms with E-state index in [9.17, 15) is 18.0 Å². The fourth-order valence-corrected chi connectivity index (χ4v) is 7.64. The van der Waals surface area contributed by atoms with Crippen molar-refractivity contribution in [3.8, 4) is 0 Å². The molecule has 14 heteroatoms. The Labute approximate surface area is 256 Å². The number of likely N-dealkylation sites (tertiary alicyclic amines) is 1. The third kappa shape index (κ3) is 6.70. The van der Waals surface area contributed by atoms with E-state index < -0.39 is 27.6 Å². The van der Waals surface area contributed by atoms with Gasteiger partial charge in [0.2, 0.25) is 11.9 Å². The Kier molecular flexibility index (Phi) is 8.78. The van der Waals surface area contributed by atoms with Gasteiger partial charge in [-0.1, -0.05) is 29.3 Å². The molecule has 2 fully saturated rings. The quantitative estimate of drug-likeness (QED) is 0.514. The summed E-state index contributed by atoms with van der Waals surface area (Å²) in [6, 6.07) is 4.61. The molecule has 228 valence electrons. The summed E-state index contributed by atoms with van der Waals surface area (Å²) in [5.74, 6) is 0.621. The molecule has 2 aromatic rings. The lowest BCUT2D eigenvalue weighted by atomic mass is 10.1. The SMILES string of the molecule is CC(C)(C)OC(=O)N1CCC[C@@H]1C(=O)N1CCN(c2nc3c(c(NCc4ccc(Cl)cc4Cl)n2)S(=O)(=O)CCC3)CC1. The van der Waals surface area contributed by atoms with Gasteiger partial charge in [0.15, 0.2) is 15.7 Å². The van der Waals surface area contributed by atoms with Crippen molar-refractivity contribution in [2.45, 2.75) is 69.5 Å². The number of benzene rings is 1. The van der Waals surface area contributed by atoms with E-state index in [1.807, 2.05) is 25.7 Å². The molecule has 0 unspecified atom stereocenters. The lowest BCUT2D eigenvalue weighted by Gasteiger charge is -2.37. The Hall–Kier alpha value is -2.83. The molecule has 0 radical (unpaired) electrons. The van der Waals surface area contributed by atoms with Gasteiger partial charge < -0.3 is 19.9 Å². The van der Waals surface area contributed by atoms with Gasteiger partial charge in [0.1, 0.15) is 16.5 Å². The van der Waals surface area contributed by atoms with Crippen LogP contribution in [0.25, 0.3) is 0 Å². The molecule has 2 amide bonds. The number of hydrogen-bond acceptors (Lipinski definition) is 9. The van der Waals surface area contributed by atoms with Crippen LogP contribution >= 0.6 is 23.2 Å². The van der Waals surface area contributed by atoms with Gasteiger partial charge in [0.05, 0.1) is 11.4 Å². The fourth-order valence-electron chi connectivity index (χ4n) is 5.52. The largest absolute Gasteiger partial charge is 0.444 e. The van der Waals surface area contributed by atoms with Gasteiger partial charge in [0.25, 0.3) is 0 Å². The van der Waals surface area contributed by atoms with Crippen LogP contribution in [0.4, 0.5) is 16.6 Å². The van der Waals surface area contributed by atoms with E-state index >= 15 is 0 Å². The van der Waals surface area contributed by atoms with Crippen LogP contribution < -0.4 is 10.2 Å². The molecule has 42 heavy (non-hydrogen) atoms. The molecule has 5 rings (SSSR count). The first-order valence-corrected chi connectivity index (χ1v) is 16.6. The summed E-state index contributed by atoms with van der Waals surface area (Å²) in [4.78, 5) is 40.9. The number of amides is 2. The maximum Gasteiger partial charge on any atom is 0.410 e. The first-order valence-electron chi connectivity index (χ1n) is 14.2. The summed E-state index contributed by atoms with van der Waals surface area (Å²) in [5, 5.41) is 4.16. The van der Waals surface area contributed by atoms with Crippen molar-refractivity contribution in [3.05, 3.63) is 39.5 Å². The predicted molar refractivity (Wildman–Crippen MR) is 161 cm³/mol. The summed E-state index contributed by atoms with van der Waals surface area (Å²) < 4.78 is 31.6. The lowest BCUT2D eigenvalue weighted by molar-refractivity contribution is -0.136. The Bertz CT molecular complexity index is 1470. The maximum atomic E-state index is 13.4. The summed E-state index contributed by atoms with van der Waals surface area (Å²) >= 11 is 12.4. The molecule has 3 aliphatic heterocycles. The van der Waals surface area contributed by atoms with Crippen LogP contribution in [0.1, 0.15) is 51.3 Å². The zero-order valence-electron chi connectivity index (χ0n) is 24.0. The maximum absolute atomic E-state index is 13.4. The second-order valence-electron chi connectivity index (χ2n) is 11.8. The van der Waals surface area contributed by atoms with Gasteiger partial charge in [-0.15, -0.1) is 0 Å². The number of nitrogens with one attached hydrogen (secondary N) is 1. The van der Waals surface area contributed by atoms with E-state index in [4.69, 9.17) is 27.9 Å². The van der Waals surface area contributed by atoms with Gasteiger partial charge >= 0.3 is 6.09 Å². The number of fused-ring (bicyclic) bond motifs is 1. The first kappa shape index (κ1) is 30.6. The number of carbonyl (C=O) groups excluding carboxylic acids is 2. The van der Waals surface area contributed by atoms with Gasteiger partial charge in [-0.3, -0.25) is 9.69 Å². The number of anilines is 2. The molecular weight excluding hydrogens is 603 g/mol. The Morgan fingerprint density at radius 3 is 2.50 bits per heavy atom. The number of carbonyl (C=O) groups is 2. The van der Waals surface area contributed by atoms with E-state index in [0.29, 0.717) is 73.7 Å². The van der Waals surface area contributed by atoms with Crippen LogP contribution in [0, 0.1) is 0 Å². The van der Waals surface area contributed by atoms with Crippen LogP contribution in [0.15, 0.2) is 23.1 Å². The number of halogens is 2. The van der Waals surface area contributed by atoms with Crippen LogP contribution in [0.3, 0.4) is 0 Å². The van der Waals surface area contributed by atoms with Crippen LogP contribution in [-0.2, 0) is 32.3 Å². The first-order chi connectivity index (χ1) is 19.8. The Morgan fingerprint density at radius 1 is 1.07 bits per heavy atom. The number of rotatable bonds is 5. The molecule has 0 spiro atoms. The van der Waals surface area contributed by atoms with Gasteiger partial charge in [-0.2, -0.15) is 4.98 Å². The second kappa shape index (κ2) is 12.0. The highest BCUT2D eigenvalue weighted by Gasteiger charge is 2.40. The Morgan fingerprint density at radius 2 is 1.81 bits per heavy atom. The van der Waals surface area contributed by atoms with Crippen molar-refractivity contribution in [1.29, 1.82) is 0 Å². The van der Waals surface area contributed by atoms with E-state index in [-0.39, 0.29) is 28.9 Å². The molecule has 2 saturated heterocycles. The zero-order chi connectivity index (χ0) is 30.2. The number of aromatic nitrogens is 2. The fraction of sp³-hybridized carbons (Fsp3) is 0.571. The normalized spacial score (nSPS) is 20.3. The van der Waals surface area contributed by atoms with Crippen molar-refractivity contribution in [2.24, 2.45) is 0 Å². The van der Waals surface area contributed by atoms with Crippen LogP contribution in [0.2, 0.25) is 10.0 Å². The number of nitrogens with zero attached hydrogens (tertiary/aromatic N) is 5. The minimum atomic E-state index is -3.55. The summed E-state index contributed by atoms with van der Waals surface area (Å²) in [6.07, 6.45) is 1.91. The summed E-state index contributed by atoms with van der Waals surface area (Å²) in [7, 11) is -3.55. The molecule has 11 nitrogen and oxygen atoms in total. The molecule has 1 aromatic carbocycles. The van der Waals surface area contributed by atoms with E-state index in [1.54, 1.807) is 23.1 Å². The molecule has 1 aromatic heterocycles. The topological polar surface area (TPSA) is 125 Å². The minimum Gasteiger partial charge on any atom is -0.444 e. The number of hydrogen-bond donors (Lipinski definition) is 1. The lowest BCUT2D eigenvalue weighted by Crippen LogP contribution is -2.55. The molecule has 0 aliphatic carbocycles. The van der Waals surface area contributed by atoms with Gasteiger partial charge in [-0.25, -0.2) is 18.2 Å². The van der Waals surface area contributed by atoms with Crippen molar-refractivity contribution < 1.29 is 22.7 Å². The average Bonchev–Trinajstić information content (AvgIpc) is 3.41. The van der Waals surface area contributed by atoms with E-state index in [2.05, 4.69) is 15.3 Å². The number of aryl methyl sites for hydroxylation is 1. The summed E-state index contributed by atoms with van der Waals surface area (Å²) in [5.41, 5.74) is 0.609. The van der Waals surface area contributed by atoms with Gasteiger partial charge in [0, 0.05) is 49.3 Å². The molecular formula is C28H36Cl2N6O5S.